The number of rotatable bonds is 1. The van der Waals surface area contributed by atoms with Gasteiger partial charge in [0.05, 0.1) is 17.3 Å². The van der Waals surface area contributed by atoms with E-state index in [0.717, 1.165) is 23.7 Å². The van der Waals surface area contributed by atoms with Gasteiger partial charge in [-0.3, -0.25) is 0 Å². The van der Waals surface area contributed by atoms with E-state index in [1.54, 1.807) is 11.3 Å². The number of fused-ring (bicyclic) bond motifs is 3. The van der Waals surface area contributed by atoms with Gasteiger partial charge in [0.25, 0.3) is 0 Å². The van der Waals surface area contributed by atoms with Crippen LogP contribution in [-0.2, 0) is 12.6 Å². The van der Waals surface area contributed by atoms with E-state index in [1.807, 2.05) is 11.3 Å². The topological polar surface area (TPSA) is 8.17 Å². The molecular weight excluding hydrogens is 360 g/mol. The van der Waals surface area contributed by atoms with Gasteiger partial charge in [-0.05, 0) is 86.3 Å². The van der Waals surface area contributed by atoms with Gasteiger partial charge in [-0.2, -0.15) is 0 Å². The SMILES string of the molecule is CC1c2c(n(C)c3sccc23)C2(C3CC4CC(C3)CC2C4)N1c1ccccc1. The van der Waals surface area contributed by atoms with E-state index in [0.29, 0.717) is 6.04 Å². The van der Waals surface area contributed by atoms with Gasteiger partial charge >= 0.3 is 0 Å². The number of hydrogen-bond donors (Lipinski definition) is 0. The second kappa shape index (κ2) is 5.24. The van der Waals surface area contributed by atoms with Crippen LogP contribution in [0.4, 0.5) is 5.69 Å². The van der Waals surface area contributed by atoms with Crippen molar-refractivity contribution >= 4 is 27.2 Å². The average molecular weight is 389 g/mol. The molecule has 3 heterocycles. The Bertz CT molecular complexity index is 1050. The Morgan fingerprint density at radius 1 is 0.929 bits per heavy atom. The van der Waals surface area contributed by atoms with Gasteiger partial charge < -0.3 is 9.47 Å². The average Bonchev–Trinajstić information content (AvgIpc) is 3.33. The molecule has 28 heavy (non-hydrogen) atoms. The normalized spacial score (nSPS) is 38.1. The summed E-state index contributed by atoms with van der Waals surface area (Å²) in [5.74, 6) is 3.61. The summed E-state index contributed by atoms with van der Waals surface area (Å²) in [6.07, 6.45) is 7.30. The van der Waals surface area contributed by atoms with E-state index in [4.69, 9.17) is 0 Å². The molecule has 0 N–H and O–H groups in total. The lowest BCUT2D eigenvalue weighted by Crippen LogP contribution is -2.62. The van der Waals surface area contributed by atoms with Crippen LogP contribution in [0, 0.1) is 23.7 Å². The van der Waals surface area contributed by atoms with Crippen LogP contribution in [0.2, 0.25) is 0 Å². The van der Waals surface area contributed by atoms with Gasteiger partial charge in [0.1, 0.15) is 4.83 Å². The first kappa shape index (κ1) is 16.1. The van der Waals surface area contributed by atoms with Crippen LogP contribution in [0.1, 0.15) is 56.3 Å². The number of aromatic nitrogens is 1. The molecule has 8 rings (SSSR count). The Balaban J connectivity index is 1.56. The summed E-state index contributed by atoms with van der Waals surface area (Å²) in [4.78, 5) is 4.37. The van der Waals surface area contributed by atoms with Crippen molar-refractivity contribution in [2.24, 2.45) is 30.7 Å². The van der Waals surface area contributed by atoms with Crippen LogP contribution in [0.25, 0.3) is 10.2 Å². The number of anilines is 1. The molecule has 4 fully saturated rings. The lowest BCUT2D eigenvalue weighted by molar-refractivity contribution is -0.0628. The monoisotopic (exact) mass is 388 g/mol. The minimum atomic E-state index is 0.205. The maximum absolute atomic E-state index is 2.89. The predicted molar refractivity (Wildman–Crippen MR) is 117 cm³/mol. The molecule has 1 unspecified atom stereocenters. The number of aryl methyl sites for hydroxylation is 1. The molecule has 2 aromatic heterocycles. The molecule has 3 heteroatoms. The van der Waals surface area contributed by atoms with Crippen molar-refractivity contribution in [3.05, 3.63) is 53.0 Å². The highest BCUT2D eigenvalue weighted by atomic mass is 32.1. The lowest BCUT2D eigenvalue weighted by Gasteiger charge is -2.63. The molecule has 1 spiro atoms. The fourth-order valence-electron chi connectivity index (χ4n) is 8.36. The van der Waals surface area contributed by atoms with Gasteiger partial charge in [-0.25, -0.2) is 0 Å². The van der Waals surface area contributed by atoms with Gasteiger partial charge in [-0.15, -0.1) is 11.3 Å². The van der Waals surface area contributed by atoms with E-state index in [2.05, 4.69) is 65.2 Å². The fraction of sp³-hybridized carbons (Fsp3) is 0.520. The lowest BCUT2D eigenvalue weighted by atomic mass is 9.47. The molecule has 4 saturated carbocycles. The third kappa shape index (κ3) is 1.68. The van der Waals surface area contributed by atoms with Crippen molar-refractivity contribution in [2.75, 3.05) is 4.90 Å². The Kier molecular flexibility index (Phi) is 3.01. The zero-order valence-electron chi connectivity index (χ0n) is 16.8. The van der Waals surface area contributed by atoms with E-state index < -0.39 is 0 Å². The molecule has 0 amide bonds. The number of nitrogens with zero attached hydrogens (tertiary/aromatic N) is 2. The molecule has 1 atom stereocenters. The van der Waals surface area contributed by atoms with Crippen LogP contribution in [0.3, 0.4) is 0 Å². The number of hydrogen-bond acceptors (Lipinski definition) is 2. The smallest absolute Gasteiger partial charge is 0.103 e. The summed E-state index contributed by atoms with van der Waals surface area (Å²) in [6, 6.07) is 14.2. The van der Waals surface area contributed by atoms with Crippen LogP contribution in [0.5, 0.6) is 0 Å². The van der Waals surface area contributed by atoms with E-state index in [1.165, 1.54) is 48.0 Å². The molecule has 3 aromatic rings. The summed E-state index contributed by atoms with van der Waals surface area (Å²) < 4.78 is 2.61. The zero-order chi connectivity index (χ0) is 18.6. The fourth-order valence-corrected chi connectivity index (χ4v) is 9.24. The van der Waals surface area contributed by atoms with E-state index in [9.17, 15) is 0 Å². The highest BCUT2D eigenvalue weighted by molar-refractivity contribution is 7.16. The summed E-state index contributed by atoms with van der Waals surface area (Å²) in [5, 5.41) is 3.80. The van der Waals surface area contributed by atoms with E-state index in [-0.39, 0.29) is 5.54 Å². The van der Waals surface area contributed by atoms with Gasteiger partial charge in [-0.1, -0.05) is 18.2 Å². The molecule has 4 aliphatic carbocycles. The van der Waals surface area contributed by atoms with Crippen molar-refractivity contribution in [3.8, 4) is 0 Å². The molecule has 4 bridgehead atoms. The van der Waals surface area contributed by atoms with Crippen LogP contribution in [0.15, 0.2) is 41.8 Å². The van der Waals surface area contributed by atoms with Crippen molar-refractivity contribution in [2.45, 2.75) is 50.6 Å². The van der Waals surface area contributed by atoms with Crippen LogP contribution in [-0.4, -0.2) is 4.57 Å². The molecule has 144 valence electrons. The first-order chi connectivity index (χ1) is 13.7. The number of thiophene rings is 1. The Morgan fingerprint density at radius 2 is 1.61 bits per heavy atom. The van der Waals surface area contributed by atoms with Crippen molar-refractivity contribution in [1.82, 2.24) is 4.57 Å². The number of para-hydroxylation sites is 1. The zero-order valence-corrected chi connectivity index (χ0v) is 17.6. The molecule has 1 aromatic carbocycles. The molecule has 5 aliphatic rings. The summed E-state index contributed by atoms with van der Waals surface area (Å²) in [7, 11) is 2.35. The maximum Gasteiger partial charge on any atom is 0.103 e. The number of benzene rings is 1. The third-order valence-corrected chi connectivity index (χ3v) is 9.82. The van der Waals surface area contributed by atoms with Gasteiger partial charge in [0, 0.05) is 23.7 Å². The Labute approximate surface area is 171 Å². The summed E-state index contributed by atoms with van der Waals surface area (Å²) in [6.45, 7) is 2.47. The van der Waals surface area contributed by atoms with Crippen LogP contribution < -0.4 is 4.90 Å². The highest BCUT2D eigenvalue weighted by Gasteiger charge is 2.66. The van der Waals surface area contributed by atoms with Gasteiger partial charge in [0.2, 0.25) is 0 Å². The minimum Gasteiger partial charge on any atom is -0.353 e. The third-order valence-electron chi connectivity index (χ3n) is 8.83. The van der Waals surface area contributed by atoms with Crippen molar-refractivity contribution in [3.63, 3.8) is 0 Å². The quantitative estimate of drug-likeness (QED) is 0.464. The molecule has 1 aliphatic heterocycles. The second-order valence-corrected chi connectivity index (χ2v) is 10.9. The summed E-state index contributed by atoms with van der Waals surface area (Å²) in [5.41, 5.74) is 4.95. The van der Waals surface area contributed by atoms with E-state index >= 15 is 0 Å². The standard InChI is InChI=1S/C25H28N2S/c1-15-22-21-8-9-28-24(21)26(2)23(22)25(27(15)20-6-4-3-5-7-20)18-11-16-10-17(13-18)14-19(25)12-16/h3-9,15-19H,10-14H2,1-2H3. The molecule has 2 nitrogen and oxygen atoms in total. The molecule has 0 radical (unpaired) electrons. The van der Waals surface area contributed by atoms with Crippen molar-refractivity contribution in [1.29, 1.82) is 0 Å². The second-order valence-electron chi connectivity index (χ2n) is 9.97. The van der Waals surface area contributed by atoms with Crippen LogP contribution >= 0.6 is 11.3 Å². The molecular formula is C25H28N2S. The minimum absolute atomic E-state index is 0.205. The van der Waals surface area contributed by atoms with Crippen molar-refractivity contribution < 1.29 is 0 Å². The first-order valence-electron chi connectivity index (χ1n) is 11.1. The van der Waals surface area contributed by atoms with Gasteiger partial charge in [0.15, 0.2) is 0 Å². The maximum atomic E-state index is 2.89. The highest BCUT2D eigenvalue weighted by Crippen LogP contribution is 2.69. The Hall–Kier alpha value is -1.74. The molecule has 0 saturated heterocycles. The first-order valence-corrected chi connectivity index (χ1v) is 12.0. The largest absolute Gasteiger partial charge is 0.353 e. The Morgan fingerprint density at radius 3 is 2.29 bits per heavy atom. The predicted octanol–water partition coefficient (Wildman–Crippen LogP) is 6.47. The summed E-state index contributed by atoms with van der Waals surface area (Å²) >= 11 is 1.93.